The monoisotopic (exact) mass is 432 g/mol. The second-order valence-electron chi connectivity index (χ2n) is 6.46. The van der Waals surface area contributed by atoms with Crippen LogP contribution in [-0.4, -0.2) is 31.6 Å². The highest BCUT2D eigenvalue weighted by molar-refractivity contribution is 7.91. The Balaban J connectivity index is 1.40. The Morgan fingerprint density at radius 2 is 1.79 bits per heavy atom. The molecule has 3 rings (SSSR count). The molecule has 0 saturated heterocycles. The molecular formula is C21H21ClN2O4S. The number of sulfone groups is 1. The third-order valence-corrected chi connectivity index (χ3v) is 6.33. The zero-order chi connectivity index (χ0) is 20.7. The number of benzene rings is 2. The minimum Gasteiger partial charge on any atom is -0.441 e. The highest BCUT2D eigenvalue weighted by Crippen LogP contribution is 2.22. The number of carbonyl (C=O) groups excluding carboxylic acids is 1. The summed E-state index contributed by atoms with van der Waals surface area (Å²) in [6.07, 6.45) is 2.54. The fraction of sp³-hybridized carbons (Fsp3) is 0.238. The third kappa shape index (κ3) is 6.17. The van der Waals surface area contributed by atoms with Crippen molar-refractivity contribution in [2.24, 2.45) is 0 Å². The van der Waals surface area contributed by atoms with E-state index in [1.807, 2.05) is 12.1 Å². The molecule has 0 radical (unpaired) electrons. The number of halogens is 1. The molecule has 0 spiro atoms. The number of nitrogens with zero attached hydrogens (tertiary/aromatic N) is 1. The van der Waals surface area contributed by atoms with Crippen molar-refractivity contribution in [1.82, 2.24) is 10.3 Å². The molecule has 0 saturated carbocycles. The van der Waals surface area contributed by atoms with E-state index in [0.717, 1.165) is 5.56 Å². The molecule has 1 aromatic heterocycles. The number of rotatable bonds is 9. The summed E-state index contributed by atoms with van der Waals surface area (Å²) in [7, 11) is -3.32. The number of carbonyl (C=O) groups is 1. The molecule has 1 amide bonds. The zero-order valence-electron chi connectivity index (χ0n) is 15.7. The SMILES string of the molecule is O=C(CCc1ncc(-c2ccc(Cl)cc2)o1)NCCCS(=O)(=O)c1ccccc1. The fourth-order valence-electron chi connectivity index (χ4n) is 2.72. The van der Waals surface area contributed by atoms with E-state index in [9.17, 15) is 13.2 Å². The molecule has 3 aromatic rings. The van der Waals surface area contributed by atoms with E-state index in [1.165, 1.54) is 0 Å². The standard InChI is InChI=1S/C21H21ClN2O4S/c22-17-9-7-16(8-10-17)19-15-24-21(28-19)12-11-20(25)23-13-4-14-29(26,27)18-5-2-1-3-6-18/h1-3,5-10,15H,4,11-14H2,(H,23,25). The molecule has 1 N–H and O–H groups in total. The van der Waals surface area contributed by atoms with Gasteiger partial charge in [-0.05, 0) is 42.8 Å². The van der Waals surface area contributed by atoms with Gasteiger partial charge >= 0.3 is 0 Å². The van der Waals surface area contributed by atoms with Gasteiger partial charge in [0.1, 0.15) is 0 Å². The van der Waals surface area contributed by atoms with Gasteiger partial charge in [0, 0.05) is 30.0 Å². The smallest absolute Gasteiger partial charge is 0.220 e. The van der Waals surface area contributed by atoms with Crippen molar-refractivity contribution in [3.05, 3.63) is 71.7 Å². The average molecular weight is 433 g/mol. The predicted molar refractivity (Wildman–Crippen MR) is 111 cm³/mol. The van der Waals surface area contributed by atoms with Gasteiger partial charge in [-0.3, -0.25) is 4.79 Å². The lowest BCUT2D eigenvalue weighted by Gasteiger charge is -2.06. The first-order valence-corrected chi connectivity index (χ1v) is 11.2. The zero-order valence-corrected chi connectivity index (χ0v) is 17.2. The second kappa shape index (κ2) is 9.71. The molecule has 8 heteroatoms. The normalized spacial score (nSPS) is 11.3. The predicted octanol–water partition coefficient (Wildman–Crippen LogP) is 3.91. The van der Waals surface area contributed by atoms with Crippen LogP contribution in [0.3, 0.4) is 0 Å². The van der Waals surface area contributed by atoms with E-state index in [1.54, 1.807) is 48.7 Å². The molecule has 0 fully saturated rings. The summed E-state index contributed by atoms with van der Waals surface area (Å²) in [6.45, 7) is 0.298. The number of nitrogens with one attached hydrogen (secondary N) is 1. The second-order valence-corrected chi connectivity index (χ2v) is 9.01. The van der Waals surface area contributed by atoms with Crippen molar-refractivity contribution in [2.75, 3.05) is 12.3 Å². The number of hydrogen-bond acceptors (Lipinski definition) is 5. The minimum atomic E-state index is -3.32. The molecule has 0 bridgehead atoms. The Morgan fingerprint density at radius 1 is 1.07 bits per heavy atom. The summed E-state index contributed by atoms with van der Waals surface area (Å²) < 4.78 is 30.0. The molecule has 0 atom stereocenters. The van der Waals surface area contributed by atoms with Crippen LogP contribution in [0.4, 0.5) is 0 Å². The third-order valence-electron chi connectivity index (χ3n) is 4.26. The molecule has 6 nitrogen and oxygen atoms in total. The molecular weight excluding hydrogens is 412 g/mol. The van der Waals surface area contributed by atoms with Gasteiger partial charge in [0.05, 0.1) is 16.8 Å². The summed E-state index contributed by atoms with van der Waals surface area (Å²) in [6, 6.07) is 15.5. The Bertz CT molecular complexity index is 1050. The summed E-state index contributed by atoms with van der Waals surface area (Å²) in [4.78, 5) is 16.5. The number of aryl methyl sites for hydroxylation is 1. The lowest BCUT2D eigenvalue weighted by Crippen LogP contribution is -2.26. The van der Waals surface area contributed by atoms with Crippen LogP contribution in [0.15, 0.2) is 70.1 Å². The Morgan fingerprint density at radius 3 is 2.52 bits per heavy atom. The Kier molecular flexibility index (Phi) is 7.06. The maximum Gasteiger partial charge on any atom is 0.220 e. The van der Waals surface area contributed by atoms with Gasteiger partial charge in [-0.25, -0.2) is 13.4 Å². The molecule has 29 heavy (non-hydrogen) atoms. The van der Waals surface area contributed by atoms with E-state index >= 15 is 0 Å². The number of hydrogen-bond donors (Lipinski definition) is 1. The van der Waals surface area contributed by atoms with Gasteiger partial charge in [0.15, 0.2) is 21.5 Å². The summed E-state index contributed by atoms with van der Waals surface area (Å²) >= 11 is 5.87. The number of amides is 1. The first-order chi connectivity index (χ1) is 13.9. The van der Waals surface area contributed by atoms with Crippen molar-refractivity contribution in [1.29, 1.82) is 0 Å². The van der Waals surface area contributed by atoms with Gasteiger partial charge in [-0.1, -0.05) is 29.8 Å². The van der Waals surface area contributed by atoms with Gasteiger partial charge in [0.2, 0.25) is 5.91 Å². The van der Waals surface area contributed by atoms with Gasteiger partial charge < -0.3 is 9.73 Å². The van der Waals surface area contributed by atoms with Crippen LogP contribution >= 0.6 is 11.6 Å². The first kappa shape index (κ1) is 21.1. The molecule has 152 valence electrons. The average Bonchev–Trinajstić information content (AvgIpc) is 3.20. The number of aromatic nitrogens is 1. The van der Waals surface area contributed by atoms with Crippen LogP contribution in [0.2, 0.25) is 5.02 Å². The molecule has 0 aliphatic carbocycles. The van der Waals surface area contributed by atoms with Gasteiger partial charge in [-0.15, -0.1) is 0 Å². The van der Waals surface area contributed by atoms with Crippen molar-refractivity contribution in [3.63, 3.8) is 0 Å². The van der Waals surface area contributed by atoms with Crippen LogP contribution < -0.4 is 5.32 Å². The molecule has 2 aromatic carbocycles. The Labute approximate surface area is 174 Å². The van der Waals surface area contributed by atoms with Crippen LogP contribution in [-0.2, 0) is 21.1 Å². The molecule has 0 aliphatic heterocycles. The van der Waals surface area contributed by atoms with E-state index < -0.39 is 9.84 Å². The lowest BCUT2D eigenvalue weighted by molar-refractivity contribution is -0.121. The van der Waals surface area contributed by atoms with Gasteiger partial charge in [-0.2, -0.15) is 0 Å². The highest BCUT2D eigenvalue weighted by Gasteiger charge is 2.14. The van der Waals surface area contributed by atoms with Crippen molar-refractivity contribution < 1.29 is 17.6 Å². The number of oxazole rings is 1. The first-order valence-electron chi connectivity index (χ1n) is 9.19. The highest BCUT2D eigenvalue weighted by atomic mass is 35.5. The maximum absolute atomic E-state index is 12.2. The van der Waals surface area contributed by atoms with E-state index in [0.29, 0.717) is 41.0 Å². The fourth-order valence-corrected chi connectivity index (χ4v) is 4.18. The van der Waals surface area contributed by atoms with E-state index in [-0.39, 0.29) is 18.1 Å². The van der Waals surface area contributed by atoms with E-state index in [2.05, 4.69) is 10.3 Å². The molecule has 0 unspecified atom stereocenters. The maximum atomic E-state index is 12.2. The summed E-state index contributed by atoms with van der Waals surface area (Å²) in [5, 5.41) is 3.37. The van der Waals surface area contributed by atoms with Crippen molar-refractivity contribution in [3.8, 4) is 11.3 Å². The lowest BCUT2D eigenvalue weighted by atomic mass is 10.2. The largest absolute Gasteiger partial charge is 0.441 e. The topological polar surface area (TPSA) is 89.3 Å². The van der Waals surface area contributed by atoms with Gasteiger partial charge in [0.25, 0.3) is 0 Å². The van der Waals surface area contributed by atoms with Crippen LogP contribution in [0.25, 0.3) is 11.3 Å². The van der Waals surface area contributed by atoms with E-state index in [4.69, 9.17) is 16.0 Å². The van der Waals surface area contributed by atoms with Crippen LogP contribution in [0, 0.1) is 0 Å². The molecule has 0 aliphatic rings. The summed E-state index contributed by atoms with van der Waals surface area (Å²) in [5.41, 5.74) is 0.859. The van der Waals surface area contributed by atoms with Crippen molar-refractivity contribution in [2.45, 2.75) is 24.2 Å². The quantitative estimate of drug-likeness (QED) is 0.518. The van der Waals surface area contributed by atoms with Crippen LogP contribution in [0.1, 0.15) is 18.7 Å². The summed E-state index contributed by atoms with van der Waals surface area (Å²) in [5.74, 6) is 0.898. The Hall–Kier alpha value is -2.64. The van der Waals surface area contributed by atoms with Crippen LogP contribution in [0.5, 0.6) is 0 Å². The van der Waals surface area contributed by atoms with Crippen molar-refractivity contribution >= 4 is 27.3 Å². The molecule has 1 heterocycles. The minimum absolute atomic E-state index is 0.0124.